The minimum absolute atomic E-state index is 0.166. The molecule has 1 aliphatic rings. The molecule has 168 valence electrons. The first-order valence-electron chi connectivity index (χ1n) is 10.6. The lowest BCUT2D eigenvalue weighted by molar-refractivity contribution is -0.274. The molecule has 1 aliphatic carbocycles. The summed E-state index contributed by atoms with van der Waals surface area (Å²) in [6, 6.07) is 13.4. The molecule has 0 bridgehead atoms. The molecule has 0 spiro atoms. The molecule has 1 saturated carbocycles. The summed E-state index contributed by atoms with van der Waals surface area (Å²) in [6.45, 7) is 6.78. The van der Waals surface area contributed by atoms with Crippen molar-refractivity contribution in [1.82, 2.24) is 9.55 Å². The molecule has 0 amide bonds. The summed E-state index contributed by atoms with van der Waals surface area (Å²) >= 11 is 0. The van der Waals surface area contributed by atoms with Crippen molar-refractivity contribution in [2.75, 3.05) is 5.32 Å². The van der Waals surface area contributed by atoms with E-state index in [1.807, 2.05) is 12.1 Å². The van der Waals surface area contributed by atoms with Gasteiger partial charge in [-0.3, -0.25) is 0 Å². The second-order valence-electron chi connectivity index (χ2n) is 9.39. The van der Waals surface area contributed by atoms with Gasteiger partial charge in [0.15, 0.2) is 0 Å². The van der Waals surface area contributed by atoms with E-state index in [0.717, 1.165) is 30.3 Å². The standard InChI is InChI=1S/C24H25F3N4O/c1-15-10-18(13-23(2,3)12-15)31-21-11-16(14-28)4-9-20(21)30-22(31)29-17-5-7-19(8-6-17)32-24(25,26)27/h4-9,11,15,18H,10,12-13H2,1-3H3,(H,29,30)/t15-,18+/m1/s1. The molecule has 0 saturated heterocycles. The fourth-order valence-corrected chi connectivity index (χ4v) is 4.98. The van der Waals surface area contributed by atoms with Gasteiger partial charge in [0.05, 0.1) is 22.7 Å². The molecule has 4 rings (SSSR count). The molecule has 5 nitrogen and oxygen atoms in total. The lowest BCUT2D eigenvalue weighted by Crippen LogP contribution is -2.29. The van der Waals surface area contributed by atoms with E-state index in [-0.39, 0.29) is 17.2 Å². The molecular weight excluding hydrogens is 417 g/mol. The average Bonchev–Trinajstić information content (AvgIpc) is 3.03. The van der Waals surface area contributed by atoms with E-state index in [1.165, 1.54) is 24.3 Å². The number of ether oxygens (including phenoxy) is 1. The molecule has 1 N–H and O–H groups in total. The Morgan fingerprint density at radius 2 is 1.88 bits per heavy atom. The van der Waals surface area contributed by atoms with Gasteiger partial charge in [0, 0.05) is 11.7 Å². The van der Waals surface area contributed by atoms with Crippen LogP contribution in [0, 0.1) is 22.7 Å². The third-order valence-corrected chi connectivity index (χ3v) is 5.89. The molecule has 1 heterocycles. The molecule has 3 aromatic rings. The second kappa shape index (κ2) is 8.05. The molecule has 1 fully saturated rings. The van der Waals surface area contributed by atoms with Crippen molar-refractivity contribution in [2.24, 2.45) is 11.3 Å². The molecule has 0 radical (unpaired) electrons. The van der Waals surface area contributed by atoms with Gasteiger partial charge in [-0.25, -0.2) is 4.98 Å². The van der Waals surface area contributed by atoms with Crippen LogP contribution in [0.25, 0.3) is 11.0 Å². The van der Waals surface area contributed by atoms with Gasteiger partial charge in [-0.2, -0.15) is 5.26 Å². The number of fused-ring (bicyclic) bond motifs is 1. The number of hydrogen-bond donors (Lipinski definition) is 1. The Hall–Kier alpha value is -3.21. The van der Waals surface area contributed by atoms with Gasteiger partial charge in [0.1, 0.15) is 5.75 Å². The highest BCUT2D eigenvalue weighted by atomic mass is 19.4. The number of nitrogens with one attached hydrogen (secondary N) is 1. The van der Waals surface area contributed by atoms with Crippen LogP contribution in [0.1, 0.15) is 51.6 Å². The third-order valence-electron chi connectivity index (χ3n) is 5.89. The lowest BCUT2D eigenvalue weighted by Gasteiger charge is -2.40. The number of imidazole rings is 1. The Labute approximate surface area is 184 Å². The first-order chi connectivity index (χ1) is 15.0. The van der Waals surface area contributed by atoms with E-state index in [4.69, 9.17) is 4.98 Å². The van der Waals surface area contributed by atoms with Gasteiger partial charge in [-0.05, 0) is 73.1 Å². The SMILES string of the molecule is C[C@@H]1C[C@H](n2c(Nc3ccc(OC(F)(F)F)cc3)nc3ccc(C#N)cc32)CC(C)(C)C1. The van der Waals surface area contributed by atoms with E-state index in [9.17, 15) is 18.4 Å². The summed E-state index contributed by atoms with van der Waals surface area (Å²) in [5, 5.41) is 12.6. The first-order valence-corrected chi connectivity index (χ1v) is 10.6. The number of alkyl halides is 3. The Morgan fingerprint density at radius 1 is 1.16 bits per heavy atom. The van der Waals surface area contributed by atoms with Gasteiger partial charge in [-0.15, -0.1) is 13.2 Å². The van der Waals surface area contributed by atoms with E-state index < -0.39 is 6.36 Å². The van der Waals surface area contributed by atoms with Crippen LogP contribution >= 0.6 is 0 Å². The Balaban J connectivity index is 1.72. The lowest BCUT2D eigenvalue weighted by atomic mass is 9.70. The maximum Gasteiger partial charge on any atom is 0.573 e. The van der Waals surface area contributed by atoms with Crippen molar-refractivity contribution in [3.63, 3.8) is 0 Å². The van der Waals surface area contributed by atoms with Crippen LogP contribution in [0.3, 0.4) is 0 Å². The van der Waals surface area contributed by atoms with E-state index in [1.54, 1.807) is 6.07 Å². The van der Waals surface area contributed by atoms with E-state index >= 15 is 0 Å². The maximum absolute atomic E-state index is 12.4. The normalized spacial score (nSPS) is 20.7. The molecule has 0 aliphatic heterocycles. The summed E-state index contributed by atoms with van der Waals surface area (Å²) in [7, 11) is 0. The number of anilines is 2. The van der Waals surface area contributed by atoms with Crippen LogP contribution < -0.4 is 10.1 Å². The fourth-order valence-electron chi connectivity index (χ4n) is 4.98. The number of hydrogen-bond acceptors (Lipinski definition) is 4. The topological polar surface area (TPSA) is 62.9 Å². The second-order valence-corrected chi connectivity index (χ2v) is 9.39. The summed E-state index contributed by atoms with van der Waals surface area (Å²) < 4.78 is 43.4. The Kier molecular flexibility index (Phi) is 5.53. The average molecular weight is 442 g/mol. The quantitative estimate of drug-likeness (QED) is 0.475. The Morgan fingerprint density at radius 3 is 2.50 bits per heavy atom. The minimum Gasteiger partial charge on any atom is -0.406 e. The molecule has 2 aromatic carbocycles. The monoisotopic (exact) mass is 442 g/mol. The fraction of sp³-hybridized carbons (Fsp3) is 0.417. The highest BCUT2D eigenvalue weighted by molar-refractivity contribution is 5.81. The minimum atomic E-state index is -4.73. The molecule has 32 heavy (non-hydrogen) atoms. The predicted octanol–water partition coefficient (Wildman–Crippen LogP) is 6.94. The zero-order valence-corrected chi connectivity index (χ0v) is 18.2. The first kappa shape index (κ1) is 22.0. The number of aromatic nitrogens is 2. The van der Waals surface area contributed by atoms with Crippen LogP contribution in [0.4, 0.5) is 24.8 Å². The number of nitriles is 1. The summed E-state index contributed by atoms with van der Waals surface area (Å²) in [5.41, 5.74) is 2.96. The number of benzene rings is 2. The Bertz CT molecular complexity index is 1160. The van der Waals surface area contributed by atoms with Crippen molar-refractivity contribution < 1.29 is 17.9 Å². The zero-order chi connectivity index (χ0) is 23.1. The van der Waals surface area contributed by atoms with Crippen molar-refractivity contribution in [3.05, 3.63) is 48.0 Å². The highest BCUT2D eigenvalue weighted by Gasteiger charge is 2.35. The molecule has 0 unspecified atom stereocenters. The van der Waals surface area contributed by atoms with Crippen molar-refractivity contribution >= 4 is 22.7 Å². The van der Waals surface area contributed by atoms with Gasteiger partial charge < -0.3 is 14.6 Å². The summed E-state index contributed by atoms with van der Waals surface area (Å²) in [4.78, 5) is 4.74. The molecule has 8 heteroatoms. The van der Waals surface area contributed by atoms with Crippen molar-refractivity contribution in [2.45, 2.75) is 52.4 Å². The van der Waals surface area contributed by atoms with E-state index in [0.29, 0.717) is 23.1 Å². The van der Waals surface area contributed by atoms with Gasteiger partial charge in [0.25, 0.3) is 0 Å². The van der Waals surface area contributed by atoms with Gasteiger partial charge >= 0.3 is 6.36 Å². The predicted molar refractivity (Wildman–Crippen MR) is 117 cm³/mol. The van der Waals surface area contributed by atoms with Crippen LogP contribution in [-0.2, 0) is 0 Å². The molecular formula is C24H25F3N4O. The van der Waals surface area contributed by atoms with Crippen LogP contribution in [0.5, 0.6) is 5.75 Å². The highest BCUT2D eigenvalue weighted by Crippen LogP contribution is 2.46. The summed E-state index contributed by atoms with van der Waals surface area (Å²) in [5.74, 6) is 0.861. The van der Waals surface area contributed by atoms with Crippen molar-refractivity contribution in [1.29, 1.82) is 5.26 Å². The third kappa shape index (κ3) is 4.82. The van der Waals surface area contributed by atoms with E-state index in [2.05, 4.69) is 41.5 Å². The maximum atomic E-state index is 12.4. The zero-order valence-electron chi connectivity index (χ0n) is 18.2. The van der Waals surface area contributed by atoms with Gasteiger partial charge in [0.2, 0.25) is 5.95 Å². The van der Waals surface area contributed by atoms with Crippen molar-refractivity contribution in [3.8, 4) is 11.8 Å². The number of halogens is 3. The van der Waals surface area contributed by atoms with Gasteiger partial charge in [-0.1, -0.05) is 20.8 Å². The molecule has 1 aromatic heterocycles. The van der Waals surface area contributed by atoms with Crippen LogP contribution in [0.2, 0.25) is 0 Å². The summed E-state index contributed by atoms with van der Waals surface area (Å²) in [6.07, 6.45) is -1.64. The molecule has 2 atom stereocenters. The largest absolute Gasteiger partial charge is 0.573 e. The number of nitrogens with zero attached hydrogens (tertiary/aromatic N) is 3. The van der Waals surface area contributed by atoms with Crippen LogP contribution in [-0.4, -0.2) is 15.9 Å². The number of rotatable bonds is 4. The van der Waals surface area contributed by atoms with Crippen LogP contribution in [0.15, 0.2) is 42.5 Å². The smallest absolute Gasteiger partial charge is 0.406 e.